The van der Waals surface area contributed by atoms with Crippen LogP contribution in [0.2, 0.25) is 0 Å². The summed E-state index contributed by atoms with van der Waals surface area (Å²) < 4.78 is 37.0. The molecule has 3 nitrogen and oxygen atoms in total. The summed E-state index contributed by atoms with van der Waals surface area (Å²) in [6, 6.07) is 3.73. The smallest absolute Gasteiger partial charge is 0.335 e. The molecule has 6 heteroatoms. The molecule has 1 aromatic rings. The summed E-state index contributed by atoms with van der Waals surface area (Å²) in [6.07, 6.45) is -4.35. The lowest BCUT2D eigenvalue weighted by Crippen LogP contribution is -2.61. The second-order valence-electron chi connectivity index (χ2n) is 4.04. The van der Waals surface area contributed by atoms with E-state index in [1.165, 1.54) is 17.0 Å². The Kier molecular flexibility index (Phi) is 2.61. The van der Waals surface area contributed by atoms with Gasteiger partial charge in [0.05, 0.1) is 11.6 Å². The van der Waals surface area contributed by atoms with E-state index in [2.05, 4.69) is 0 Å². The van der Waals surface area contributed by atoms with Gasteiger partial charge in [0.15, 0.2) is 0 Å². The normalized spacial score (nSPS) is 24.8. The van der Waals surface area contributed by atoms with E-state index >= 15 is 0 Å². The lowest BCUT2D eigenvalue weighted by atomic mass is 9.89. The van der Waals surface area contributed by atoms with Crippen molar-refractivity contribution in [1.29, 1.82) is 0 Å². The number of hydrogen-bond acceptors (Lipinski definition) is 2. The van der Waals surface area contributed by atoms with E-state index in [0.29, 0.717) is 5.56 Å². The largest absolute Gasteiger partial charge is 0.416 e. The molecule has 0 saturated carbocycles. The predicted octanol–water partition coefficient (Wildman–Crippen LogP) is 1.55. The van der Waals surface area contributed by atoms with Crippen molar-refractivity contribution < 1.29 is 18.0 Å². The number of amides is 1. The number of likely N-dealkylation sites (N-methyl/N-ethyl adjacent to an activating group) is 1. The average Bonchev–Trinajstić information content (AvgIpc) is 2.28. The summed E-state index contributed by atoms with van der Waals surface area (Å²) in [5.74, 6) is -0.199. The van der Waals surface area contributed by atoms with E-state index in [-0.39, 0.29) is 11.9 Å². The van der Waals surface area contributed by atoms with Crippen LogP contribution >= 0.6 is 0 Å². The number of nitrogens with two attached hydrogens (primary N) is 1. The van der Waals surface area contributed by atoms with Gasteiger partial charge < -0.3 is 10.6 Å². The van der Waals surface area contributed by atoms with Crippen molar-refractivity contribution >= 4 is 5.91 Å². The van der Waals surface area contributed by atoms with E-state index in [1.807, 2.05) is 0 Å². The Morgan fingerprint density at radius 3 is 2.18 bits per heavy atom. The Bertz CT molecular complexity index is 429. The number of benzene rings is 1. The summed E-state index contributed by atoms with van der Waals surface area (Å²) in [5, 5.41) is 0. The molecule has 0 unspecified atom stereocenters. The van der Waals surface area contributed by atoms with E-state index in [9.17, 15) is 18.0 Å². The lowest BCUT2D eigenvalue weighted by Gasteiger charge is -2.43. The average molecular weight is 244 g/mol. The Morgan fingerprint density at radius 2 is 1.76 bits per heavy atom. The van der Waals surface area contributed by atoms with Crippen LogP contribution in [0.4, 0.5) is 13.2 Å². The van der Waals surface area contributed by atoms with Gasteiger partial charge in [-0.05, 0) is 17.7 Å². The zero-order chi connectivity index (χ0) is 12.8. The number of likely N-dealkylation sites (tertiary alicyclic amines) is 1. The predicted molar refractivity (Wildman–Crippen MR) is 54.9 cm³/mol. The van der Waals surface area contributed by atoms with Gasteiger partial charge in [-0.2, -0.15) is 13.2 Å². The molecule has 1 aliphatic rings. The molecule has 1 aliphatic heterocycles. The lowest BCUT2D eigenvalue weighted by molar-refractivity contribution is -0.147. The minimum absolute atomic E-state index is 0.199. The van der Waals surface area contributed by atoms with Crippen molar-refractivity contribution in [2.45, 2.75) is 18.3 Å². The molecule has 1 heterocycles. The van der Waals surface area contributed by atoms with Crippen molar-refractivity contribution in [2.24, 2.45) is 5.73 Å². The molecule has 1 amide bonds. The Balaban J connectivity index is 2.22. The highest BCUT2D eigenvalue weighted by atomic mass is 19.4. The molecule has 0 aromatic heterocycles. The SMILES string of the molecule is CN1C(=O)[C@@H](N)[C@@H]1c1ccc(C(F)(F)F)cc1. The molecule has 1 saturated heterocycles. The third-order valence-corrected chi connectivity index (χ3v) is 2.97. The van der Waals surface area contributed by atoms with Crippen LogP contribution < -0.4 is 5.73 Å². The van der Waals surface area contributed by atoms with Gasteiger partial charge in [0, 0.05) is 7.05 Å². The first kappa shape index (κ1) is 11.9. The molecule has 2 atom stereocenters. The molecule has 0 bridgehead atoms. The number of carbonyl (C=O) groups is 1. The Labute approximate surface area is 96.0 Å². The quantitative estimate of drug-likeness (QED) is 0.762. The van der Waals surface area contributed by atoms with Gasteiger partial charge in [0.1, 0.15) is 6.04 Å². The highest BCUT2D eigenvalue weighted by Crippen LogP contribution is 2.34. The summed E-state index contributed by atoms with van der Waals surface area (Å²) >= 11 is 0. The van der Waals surface area contributed by atoms with Gasteiger partial charge in [-0.25, -0.2) is 0 Å². The molecular weight excluding hydrogens is 233 g/mol. The van der Waals surface area contributed by atoms with Crippen LogP contribution in [-0.2, 0) is 11.0 Å². The minimum atomic E-state index is -4.35. The minimum Gasteiger partial charge on any atom is -0.335 e. The van der Waals surface area contributed by atoms with Gasteiger partial charge in [-0.15, -0.1) is 0 Å². The van der Waals surface area contributed by atoms with Crippen molar-refractivity contribution in [3.05, 3.63) is 35.4 Å². The molecule has 0 spiro atoms. The molecule has 1 fully saturated rings. The maximum atomic E-state index is 12.3. The van der Waals surface area contributed by atoms with Crippen molar-refractivity contribution in [1.82, 2.24) is 4.90 Å². The standard InChI is InChI=1S/C11H11F3N2O/c1-16-9(8(15)10(16)17)6-2-4-7(5-3-6)11(12,13)14/h2-5,8-9H,15H2,1H3/t8-,9-/m0/s1. The fraction of sp³-hybridized carbons (Fsp3) is 0.364. The third kappa shape index (κ3) is 1.88. The van der Waals surface area contributed by atoms with Gasteiger partial charge in [-0.3, -0.25) is 4.79 Å². The molecule has 2 rings (SSSR count). The first-order valence-electron chi connectivity index (χ1n) is 5.02. The molecule has 92 valence electrons. The maximum Gasteiger partial charge on any atom is 0.416 e. The number of halogens is 3. The second kappa shape index (κ2) is 3.73. The highest BCUT2D eigenvalue weighted by molar-refractivity contribution is 5.89. The first-order valence-corrected chi connectivity index (χ1v) is 5.02. The van der Waals surface area contributed by atoms with E-state index in [4.69, 9.17) is 5.73 Å². The third-order valence-electron chi connectivity index (χ3n) is 2.97. The van der Waals surface area contributed by atoms with Gasteiger partial charge in [0.25, 0.3) is 0 Å². The van der Waals surface area contributed by atoms with Crippen LogP contribution in [-0.4, -0.2) is 23.9 Å². The van der Waals surface area contributed by atoms with Crippen LogP contribution in [0.1, 0.15) is 17.2 Å². The zero-order valence-electron chi connectivity index (χ0n) is 9.03. The van der Waals surface area contributed by atoms with E-state index in [1.54, 1.807) is 7.05 Å². The number of β-lactam (4-membered cyclic amide) rings is 1. The number of rotatable bonds is 1. The summed E-state index contributed by atoms with van der Waals surface area (Å²) in [4.78, 5) is 12.6. The van der Waals surface area contributed by atoms with E-state index in [0.717, 1.165) is 12.1 Å². The van der Waals surface area contributed by atoms with Crippen LogP contribution in [0.5, 0.6) is 0 Å². The van der Waals surface area contributed by atoms with Gasteiger partial charge >= 0.3 is 6.18 Å². The number of carbonyl (C=O) groups excluding carboxylic acids is 1. The molecule has 17 heavy (non-hydrogen) atoms. The Hall–Kier alpha value is -1.56. The van der Waals surface area contributed by atoms with Gasteiger partial charge in [0.2, 0.25) is 5.91 Å². The molecule has 0 aliphatic carbocycles. The van der Waals surface area contributed by atoms with Gasteiger partial charge in [-0.1, -0.05) is 12.1 Å². The van der Waals surface area contributed by atoms with Crippen molar-refractivity contribution in [2.75, 3.05) is 7.05 Å². The zero-order valence-corrected chi connectivity index (χ0v) is 9.03. The second-order valence-corrected chi connectivity index (χ2v) is 4.04. The molecule has 2 N–H and O–H groups in total. The monoisotopic (exact) mass is 244 g/mol. The summed E-state index contributed by atoms with van der Waals surface area (Å²) in [6.45, 7) is 0. The van der Waals surface area contributed by atoms with E-state index < -0.39 is 17.8 Å². The molecule has 0 radical (unpaired) electrons. The number of alkyl halides is 3. The van der Waals surface area contributed by atoms with Crippen LogP contribution in [0.25, 0.3) is 0 Å². The van der Waals surface area contributed by atoms with Crippen LogP contribution in [0, 0.1) is 0 Å². The molecular formula is C11H11F3N2O. The number of hydrogen-bond donors (Lipinski definition) is 1. The fourth-order valence-corrected chi connectivity index (χ4v) is 1.97. The Morgan fingerprint density at radius 1 is 1.24 bits per heavy atom. The number of nitrogens with zero attached hydrogens (tertiary/aromatic N) is 1. The van der Waals surface area contributed by atoms with Crippen molar-refractivity contribution in [3.63, 3.8) is 0 Å². The highest BCUT2D eigenvalue weighted by Gasteiger charge is 2.43. The van der Waals surface area contributed by atoms with Crippen LogP contribution in [0.3, 0.4) is 0 Å². The topological polar surface area (TPSA) is 46.3 Å². The maximum absolute atomic E-state index is 12.3. The summed E-state index contributed by atoms with van der Waals surface area (Å²) in [7, 11) is 1.58. The molecule has 1 aromatic carbocycles. The van der Waals surface area contributed by atoms with Crippen LogP contribution in [0.15, 0.2) is 24.3 Å². The fourth-order valence-electron chi connectivity index (χ4n) is 1.97. The summed E-state index contributed by atoms with van der Waals surface area (Å²) in [5.41, 5.74) is 5.51. The first-order chi connectivity index (χ1) is 7.82. The van der Waals surface area contributed by atoms with Crippen molar-refractivity contribution in [3.8, 4) is 0 Å².